The summed E-state index contributed by atoms with van der Waals surface area (Å²) in [6.07, 6.45) is 0. The summed E-state index contributed by atoms with van der Waals surface area (Å²) < 4.78 is 1.73. The first-order valence-electron chi connectivity index (χ1n) is 8.58. The summed E-state index contributed by atoms with van der Waals surface area (Å²) in [5.41, 5.74) is 4.33. The largest absolute Gasteiger partial charge is 0.348 e. The molecule has 0 radical (unpaired) electrons. The molecule has 0 aliphatic rings. The van der Waals surface area contributed by atoms with E-state index in [9.17, 15) is 4.79 Å². The van der Waals surface area contributed by atoms with Gasteiger partial charge < -0.3 is 0 Å². The molecule has 0 amide bonds. The van der Waals surface area contributed by atoms with E-state index in [-0.39, 0.29) is 5.69 Å². The van der Waals surface area contributed by atoms with Crippen molar-refractivity contribution in [3.63, 3.8) is 0 Å². The molecule has 1 aromatic heterocycles. The fourth-order valence-electron chi connectivity index (χ4n) is 3.03. The molecule has 26 heavy (non-hydrogen) atoms. The van der Waals surface area contributed by atoms with E-state index in [2.05, 4.69) is 4.98 Å². The van der Waals surface area contributed by atoms with Crippen LogP contribution in [0.25, 0.3) is 22.5 Å². The molecule has 4 rings (SSSR count). The van der Waals surface area contributed by atoms with Gasteiger partial charge >= 0.3 is 5.69 Å². The van der Waals surface area contributed by atoms with Crippen molar-refractivity contribution in [2.45, 2.75) is 6.54 Å². The van der Waals surface area contributed by atoms with E-state index in [4.69, 9.17) is 0 Å². The van der Waals surface area contributed by atoms with Crippen molar-refractivity contribution in [1.82, 2.24) is 9.55 Å². The quantitative estimate of drug-likeness (QED) is 0.544. The Kier molecular flexibility index (Phi) is 4.44. The molecule has 0 atom stereocenters. The molecule has 4 aromatic rings. The van der Waals surface area contributed by atoms with E-state index < -0.39 is 0 Å². The molecule has 0 spiro atoms. The molecule has 0 aliphatic carbocycles. The summed E-state index contributed by atoms with van der Waals surface area (Å²) in [5.74, 6) is 0. The van der Waals surface area contributed by atoms with E-state index in [1.54, 1.807) is 4.57 Å². The summed E-state index contributed by atoms with van der Waals surface area (Å²) in [5, 5.41) is 0. The van der Waals surface area contributed by atoms with E-state index in [0.717, 1.165) is 22.4 Å². The number of hydrogen-bond donors (Lipinski definition) is 0. The van der Waals surface area contributed by atoms with E-state index in [0.29, 0.717) is 12.2 Å². The number of rotatable bonds is 4. The lowest BCUT2D eigenvalue weighted by molar-refractivity contribution is 0.737. The maximum Gasteiger partial charge on any atom is 0.348 e. The molecule has 0 unspecified atom stereocenters. The van der Waals surface area contributed by atoms with Gasteiger partial charge in [0, 0.05) is 5.56 Å². The van der Waals surface area contributed by atoms with Crippen LogP contribution in [0.15, 0.2) is 102 Å². The Bertz CT molecular complexity index is 1060. The SMILES string of the molecule is O=c1nc(-c2ccccc2)cc(-c2ccccc2)n1Cc1ccccc1. The minimum atomic E-state index is -0.242. The molecule has 1 heterocycles. The second kappa shape index (κ2) is 7.19. The number of nitrogens with zero attached hydrogens (tertiary/aromatic N) is 2. The summed E-state index contributed by atoms with van der Waals surface area (Å²) in [6, 6.07) is 31.7. The third-order valence-corrected chi connectivity index (χ3v) is 4.33. The molecule has 0 bridgehead atoms. The summed E-state index contributed by atoms with van der Waals surface area (Å²) >= 11 is 0. The Morgan fingerprint density at radius 1 is 0.692 bits per heavy atom. The molecule has 0 aliphatic heterocycles. The smallest absolute Gasteiger partial charge is 0.287 e. The predicted molar refractivity (Wildman–Crippen MR) is 105 cm³/mol. The minimum Gasteiger partial charge on any atom is -0.287 e. The first kappa shape index (κ1) is 16.0. The fourth-order valence-corrected chi connectivity index (χ4v) is 3.03. The Morgan fingerprint density at radius 3 is 1.85 bits per heavy atom. The highest BCUT2D eigenvalue weighted by molar-refractivity contribution is 5.67. The molecular weight excluding hydrogens is 320 g/mol. The monoisotopic (exact) mass is 338 g/mol. The van der Waals surface area contributed by atoms with Gasteiger partial charge in [-0.3, -0.25) is 4.57 Å². The van der Waals surface area contributed by atoms with Crippen molar-refractivity contribution in [2.75, 3.05) is 0 Å². The van der Waals surface area contributed by atoms with Crippen LogP contribution < -0.4 is 5.69 Å². The highest BCUT2D eigenvalue weighted by atomic mass is 16.1. The molecule has 0 fully saturated rings. The summed E-state index contributed by atoms with van der Waals surface area (Å²) in [4.78, 5) is 17.2. The van der Waals surface area contributed by atoms with Gasteiger partial charge in [0.25, 0.3) is 0 Å². The zero-order chi connectivity index (χ0) is 17.8. The number of aromatic nitrogens is 2. The average Bonchev–Trinajstić information content (AvgIpc) is 2.71. The highest BCUT2D eigenvalue weighted by Crippen LogP contribution is 2.24. The first-order chi connectivity index (χ1) is 12.8. The second-order valence-electron chi connectivity index (χ2n) is 6.11. The molecule has 0 N–H and O–H groups in total. The number of benzene rings is 3. The molecular formula is C23H18N2O. The Morgan fingerprint density at radius 2 is 1.23 bits per heavy atom. The zero-order valence-electron chi connectivity index (χ0n) is 14.2. The molecule has 3 aromatic carbocycles. The average molecular weight is 338 g/mol. The van der Waals surface area contributed by atoms with Gasteiger partial charge in [-0.05, 0) is 17.2 Å². The summed E-state index contributed by atoms with van der Waals surface area (Å²) in [6.45, 7) is 0.492. The molecule has 0 saturated heterocycles. The lowest BCUT2D eigenvalue weighted by Crippen LogP contribution is -2.25. The van der Waals surface area contributed by atoms with Gasteiger partial charge in [0.2, 0.25) is 0 Å². The van der Waals surface area contributed by atoms with E-state index >= 15 is 0 Å². The second-order valence-corrected chi connectivity index (χ2v) is 6.11. The minimum absolute atomic E-state index is 0.242. The van der Waals surface area contributed by atoms with Gasteiger partial charge in [-0.15, -0.1) is 0 Å². The third kappa shape index (κ3) is 3.33. The van der Waals surface area contributed by atoms with Crippen LogP contribution in [-0.2, 0) is 6.54 Å². The van der Waals surface area contributed by atoms with Crippen molar-refractivity contribution < 1.29 is 0 Å². The molecule has 0 saturated carbocycles. The standard InChI is InChI=1S/C23H18N2O/c26-23-24-21(19-12-6-2-7-13-19)16-22(20-14-8-3-9-15-20)25(23)17-18-10-4-1-5-11-18/h1-16H,17H2. The van der Waals surface area contributed by atoms with Gasteiger partial charge in [0.05, 0.1) is 17.9 Å². The Balaban J connectivity index is 1.89. The van der Waals surface area contributed by atoms with Crippen molar-refractivity contribution >= 4 is 0 Å². The normalized spacial score (nSPS) is 10.6. The summed E-state index contributed by atoms with van der Waals surface area (Å²) in [7, 11) is 0. The van der Waals surface area contributed by atoms with Crippen LogP contribution in [0.3, 0.4) is 0 Å². The maximum absolute atomic E-state index is 12.9. The van der Waals surface area contributed by atoms with E-state index in [1.165, 1.54) is 0 Å². The van der Waals surface area contributed by atoms with Gasteiger partial charge in [-0.1, -0.05) is 91.0 Å². The van der Waals surface area contributed by atoms with Crippen LogP contribution in [0.2, 0.25) is 0 Å². The highest BCUT2D eigenvalue weighted by Gasteiger charge is 2.12. The van der Waals surface area contributed by atoms with Gasteiger partial charge in [-0.25, -0.2) is 4.79 Å². The van der Waals surface area contributed by atoms with E-state index in [1.807, 2.05) is 97.1 Å². The van der Waals surface area contributed by atoms with Gasteiger partial charge in [-0.2, -0.15) is 4.98 Å². The van der Waals surface area contributed by atoms with Gasteiger partial charge in [0.1, 0.15) is 0 Å². The zero-order valence-corrected chi connectivity index (χ0v) is 14.2. The van der Waals surface area contributed by atoms with Crippen LogP contribution in [0.4, 0.5) is 0 Å². The van der Waals surface area contributed by atoms with Crippen LogP contribution in [0, 0.1) is 0 Å². The lowest BCUT2D eigenvalue weighted by Gasteiger charge is -2.14. The van der Waals surface area contributed by atoms with Crippen LogP contribution in [0.1, 0.15) is 5.56 Å². The molecule has 3 nitrogen and oxygen atoms in total. The van der Waals surface area contributed by atoms with Crippen molar-refractivity contribution in [3.8, 4) is 22.5 Å². The Labute approximate surface area is 152 Å². The molecule has 126 valence electrons. The van der Waals surface area contributed by atoms with Crippen molar-refractivity contribution in [1.29, 1.82) is 0 Å². The molecule has 3 heteroatoms. The number of hydrogen-bond acceptors (Lipinski definition) is 2. The fraction of sp³-hybridized carbons (Fsp3) is 0.0435. The van der Waals surface area contributed by atoms with Crippen molar-refractivity contribution in [2.24, 2.45) is 0 Å². The predicted octanol–water partition coefficient (Wildman–Crippen LogP) is 4.63. The van der Waals surface area contributed by atoms with Crippen LogP contribution in [-0.4, -0.2) is 9.55 Å². The van der Waals surface area contributed by atoms with Crippen molar-refractivity contribution in [3.05, 3.63) is 113 Å². The van der Waals surface area contributed by atoms with Crippen LogP contribution >= 0.6 is 0 Å². The topological polar surface area (TPSA) is 34.9 Å². The Hall–Kier alpha value is -3.46. The van der Waals surface area contributed by atoms with Crippen LogP contribution in [0.5, 0.6) is 0 Å². The first-order valence-corrected chi connectivity index (χ1v) is 8.58. The lowest BCUT2D eigenvalue weighted by atomic mass is 10.1. The third-order valence-electron chi connectivity index (χ3n) is 4.33. The van der Waals surface area contributed by atoms with Gasteiger partial charge in [0.15, 0.2) is 0 Å². The maximum atomic E-state index is 12.9.